The van der Waals surface area contributed by atoms with Crippen LogP contribution in [0.4, 0.5) is 0 Å². The lowest BCUT2D eigenvalue weighted by Crippen LogP contribution is -1.66. The van der Waals surface area contributed by atoms with Crippen LogP contribution in [0.15, 0.2) is 24.3 Å². The summed E-state index contributed by atoms with van der Waals surface area (Å²) < 4.78 is 2.76. The van der Waals surface area contributed by atoms with Crippen molar-refractivity contribution in [1.82, 2.24) is 0 Å². The fourth-order valence-electron chi connectivity index (χ4n) is 1.11. The predicted molar refractivity (Wildman–Crippen MR) is 59.3 cm³/mol. The van der Waals surface area contributed by atoms with Gasteiger partial charge in [0.2, 0.25) is 0 Å². The zero-order chi connectivity index (χ0) is 7.84. The molecule has 0 saturated heterocycles. The first kappa shape index (κ1) is 7.55. The highest BCUT2D eigenvalue weighted by Gasteiger charge is 1.97. The normalized spacial score (nSPS) is 10.7. The molecule has 0 spiro atoms. The number of thiophene rings is 1. The van der Waals surface area contributed by atoms with Gasteiger partial charge in [0.1, 0.15) is 0 Å². The lowest BCUT2D eigenvalue weighted by atomic mass is 10.2. The van der Waals surface area contributed by atoms with Crippen LogP contribution >= 0.6 is 33.9 Å². The summed E-state index contributed by atoms with van der Waals surface area (Å²) >= 11 is 4.22. The fraction of sp³-hybridized carbons (Fsp3) is 0.111. The van der Waals surface area contributed by atoms with Crippen LogP contribution in [0.3, 0.4) is 0 Å². The molecular formula is C9H7IS. The second-order valence-electron chi connectivity index (χ2n) is 2.59. The summed E-state index contributed by atoms with van der Waals surface area (Å²) in [6.07, 6.45) is 0. The van der Waals surface area contributed by atoms with E-state index in [4.69, 9.17) is 0 Å². The molecule has 1 aromatic heterocycles. The standard InChI is InChI=1S/C9H7IS/c1-6-2-3-7-5-9(10)11-8(7)4-6/h2-5H,1H3. The van der Waals surface area contributed by atoms with Gasteiger partial charge in [0.15, 0.2) is 0 Å². The van der Waals surface area contributed by atoms with Gasteiger partial charge in [-0.1, -0.05) is 12.1 Å². The Morgan fingerprint density at radius 3 is 2.91 bits per heavy atom. The van der Waals surface area contributed by atoms with Gasteiger partial charge in [-0.15, -0.1) is 11.3 Å². The predicted octanol–water partition coefficient (Wildman–Crippen LogP) is 3.81. The van der Waals surface area contributed by atoms with Crippen LogP contribution in [0.2, 0.25) is 0 Å². The molecule has 1 heterocycles. The molecule has 0 aliphatic heterocycles. The fourth-order valence-corrected chi connectivity index (χ4v) is 3.04. The average molecular weight is 274 g/mol. The molecule has 0 amide bonds. The number of rotatable bonds is 0. The van der Waals surface area contributed by atoms with Gasteiger partial charge in [0.25, 0.3) is 0 Å². The van der Waals surface area contributed by atoms with E-state index in [1.54, 1.807) is 0 Å². The maximum Gasteiger partial charge on any atom is 0.0666 e. The van der Waals surface area contributed by atoms with Crippen LogP contribution in [0.5, 0.6) is 0 Å². The molecule has 0 N–H and O–H groups in total. The molecule has 0 nitrogen and oxygen atoms in total. The topological polar surface area (TPSA) is 0 Å². The van der Waals surface area contributed by atoms with Crippen molar-refractivity contribution in [1.29, 1.82) is 0 Å². The van der Waals surface area contributed by atoms with E-state index in [1.165, 1.54) is 18.5 Å². The Kier molecular flexibility index (Phi) is 1.89. The van der Waals surface area contributed by atoms with Crippen LogP contribution in [-0.2, 0) is 0 Å². The smallest absolute Gasteiger partial charge is 0.0666 e. The second-order valence-corrected chi connectivity index (χ2v) is 5.57. The molecule has 0 radical (unpaired) electrons. The van der Waals surface area contributed by atoms with Crippen molar-refractivity contribution in [2.24, 2.45) is 0 Å². The van der Waals surface area contributed by atoms with Crippen molar-refractivity contribution in [3.05, 3.63) is 32.7 Å². The maximum absolute atomic E-state index is 2.36. The van der Waals surface area contributed by atoms with Gasteiger partial charge in [-0.05, 0) is 52.6 Å². The highest BCUT2D eigenvalue weighted by atomic mass is 127. The van der Waals surface area contributed by atoms with E-state index in [1.807, 2.05) is 11.3 Å². The van der Waals surface area contributed by atoms with E-state index < -0.39 is 0 Å². The van der Waals surface area contributed by atoms with E-state index in [0.717, 1.165) is 0 Å². The third-order valence-electron chi connectivity index (χ3n) is 1.65. The van der Waals surface area contributed by atoms with Gasteiger partial charge in [-0.2, -0.15) is 0 Å². The van der Waals surface area contributed by atoms with Crippen LogP contribution in [0.1, 0.15) is 5.56 Å². The number of hydrogen-bond donors (Lipinski definition) is 0. The SMILES string of the molecule is Cc1ccc2cc(I)sc2c1. The number of benzene rings is 1. The summed E-state index contributed by atoms with van der Waals surface area (Å²) in [4.78, 5) is 0. The minimum Gasteiger partial charge on any atom is -0.129 e. The molecule has 0 bridgehead atoms. The zero-order valence-corrected chi connectivity index (χ0v) is 9.07. The first-order valence-electron chi connectivity index (χ1n) is 3.41. The maximum atomic E-state index is 2.36. The van der Waals surface area contributed by atoms with Gasteiger partial charge in [-0.25, -0.2) is 0 Å². The molecule has 0 unspecified atom stereocenters. The Morgan fingerprint density at radius 1 is 1.27 bits per heavy atom. The van der Waals surface area contributed by atoms with E-state index >= 15 is 0 Å². The quantitative estimate of drug-likeness (QED) is 0.641. The Morgan fingerprint density at radius 2 is 2.09 bits per heavy atom. The van der Waals surface area contributed by atoms with E-state index in [-0.39, 0.29) is 0 Å². The lowest BCUT2D eigenvalue weighted by molar-refractivity contribution is 1.52. The minimum atomic E-state index is 1.34. The molecule has 0 fully saturated rings. The highest BCUT2D eigenvalue weighted by Crippen LogP contribution is 2.27. The van der Waals surface area contributed by atoms with Gasteiger partial charge < -0.3 is 0 Å². The Balaban J connectivity index is 2.82. The van der Waals surface area contributed by atoms with Gasteiger partial charge in [0.05, 0.1) is 2.88 Å². The van der Waals surface area contributed by atoms with E-state index in [0.29, 0.717) is 0 Å². The lowest BCUT2D eigenvalue weighted by Gasteiger charge is -1.89. The third-order valence-corrected chi connectivity index (χ3v) is 3.50. The van der Waals surface area contributed by atoms with E-state index in [2.05, 4.69) is 53.8 Å². The minimum absolute atomic E-state index is 1.34. The molecule has 0 aliphatic carbocycles. The van der Waals surface area contributed by atoms with Crippen molar-refractivity contribution in [3.8, 4) is 0 Å². The van der Waals surface area contributed by atoms with Gasteiger partial charge in [-0.3, -0.25) is 0 Å². The summed E-state index contributed by atoms with van der Waals surface area (Å²) in [7, 11) is 0. The van der Waals surface area contributed by atoms with Crippen molar-refractivity contribution in [2.45, 2.75) is 6.92 Å². The molecule has 2 rings (SSSR count). The van der Waals surface area contributed by atoms with Crippen LogP contribution in [-0.4, -0.2) is 0 Å². The Bertz CT molecular complexity index is 389. The highest BCUT2D eigenvalue weighted by molar-refractivity contribution is 14.1. The first-order valence-corrected chi connectivity index (χ1v) is 5.31. The number of fused-ring (bicyclic) bond motifs is 1. The summed E-state index contributed by atoms with van der Waals surface area (Å²) in [6, 6.07) is 8.80. The molecule has 0 aliphatic rings. The summed E-state index contributed by atoms with van der Waals surface area (Å²) in [6.45, 7) is 2.13. The average Bonchev–Trinajstić information content (AvgIpc) is 2.27. The second kappa shape index (κ2) is 2.75. The number of hydrogen-bond acceptors (Lipinski definition) is 1. The summed E-state index contributed by atoms with van der Waals surface area (Å²) in [5.74, 6) is 0. The first-order chi connectivity index (χ1) is 5.25. The summed E-state index contributed by atoms with van der Waals surface area (Å²) in [5, 5.41) is 1.37. The Hall–Kier alpha value is -0.0900. The molecule has 0 saturated carbocycles. The zero-order valence-electron chi connectivity index (χ0n) is 6.10. The molecule has 56 valence electrons. The molecule has 2 aromatic rings. The number of halogens is 1. The molecule has 11 heavy (non-hydrogen) atoms. The van der Waals surface area contributed by atoms with Gasteiger partial charge in [0, 0.05) is 4.70 Å². The van der Waals surface area contributed by atoms with Crippen molar-refractivity contribution in [2.75, 3.05) is 0 Å². The van der Waals surface area contributed by atoms with Crippen molar-refractivity contribution < 1.29 is 0 Å². The Labute approximate surface area is 83.4 Å². The number of aryl methyl sites for hydroxylation is 1. The largest absolute Gasteiger partial charge is 0.129 e. The molecule has 2 heteroatoms. The molecule has 0 atom stereocenters. The van der Waals surface area contributed by atoms with Gasteiger partial charge >= 0.3 is 0 Å². The monoisotopic (exact) mass is 274 g/mol. The van der Waals surface area contributed by atoms with Crippen molar-refractivity contribution >= 4 is 44.0 Å². The van der Waals surface area contributed by atoms with Crippen LogP contribution in [0, 0.1) is 9.81 Å². The molecule has 1 aromatic carbocycles. The van der Waals surface area contributed by atoms with E-state index in [9.17, 15) is 0 Å². The molecular weight excluding hydrogens is 267 g/mol. The van der Waals surface area contributed by atoms with Crippen LogP contribution in [0.25, 0.3) is 10.1 Å². The third kappa shape index (κ3) is 1.42. The summed E-state index contributed by atoms with van der Waals surface area (Å²) in [5.41, 5.74) is 1.34. The van der Waals surface area contributed by atoms with Crippen molar-refractivity contribution in [3.63, 3.8) is 0 Å². The van der Waals surface area contributed by atoms with Crippen LogP contribution < -0.4 is 0 Å².